The van der Waals surface area contributed by atoms with E-state index < -0.39 is 0 Å². The number of tetrazole rings is 1. The maximum Gasteiger partial charge on any atom is 0.338 e. The minimum Gasteiger partial charge on any atom is -0.462 e. The number of hydrogen-bond acceptors (Lipinski definition) is 7. The molecule has 1 aliphatic rings. The number of halogens is 2. The number of rotatable bonds is 6. The van der Waals surface area contributed by atoms with Crippen LogP contribution >= 0.6 is 23.2 Å². The molecule has 2 aromatic carbocycles. The van der Waals surface area contributed by atoms with E-state index in [0.717, 1.165) is 11.3 Å². The van der Waals surface area contributed by atoms with Gasteiger partial charge in [-0.25, -0.2) is 4.79 Å². The van der Waals surface area contributed by atoms with Gasteiger partial charge in [-0.15, -0.1) is 5.10 Å². The summed E-state index contributed by atoms with van der Waals surface area (Å²) in [6.45, 7) is 4.72. The summed E-state index contributed by atoms with van der Waals surface area (Å²) in [6.07, 6.45) is 0. The molecule has 2 heterocycles. The Morgan fingerprint density at radius 3 is 2.58 bits per heavy atom. The van der Waals surface area contributed by atoms with Gasteiger partial charge in [0, 0.05) is 23.1 Å². The number of benzene rings is 2. The zero-order valence-corrected chi connectivity index (χ0v) is 18.4. The predicted octanol–water partition coefficient (Wildman–Crippen LogP) is 3.57. The number of nitrogens with zero attached hydrogens (tertiary/aromatic N) is 5. The first-order chi connectivity index (χ1) is 15.1. The lowest BCUT2D eigenvalue weighted by Crippen LogP contribution is -2.40. The SMILES string of the molecule is CCOC(=O)c1ccc(-n2nnnc2[C@H](c2ccc(Cl)cc2Cl)N2CCOCC2)cc1. The van der Waals surface area contributed by atoms with Crippen LogP contribution in [0.1, 0.15) is 34.7 Å². The van der Waals surface area contributed by atoms with E-state index in [1.165, 1.54) is 0 Å². The second-order valence-corrected chi connectivity index (χ2v) is 7.78. The minimum absolute atomic E-state index is 0.298. The van der Waals surface area contributed by atoms with E-state index in [1.807, 2.05) is 6.07 Å². The Hall–Kier alpha value is -2.52. The molecule has 3 aromatic rings. The minimum atomic E-state index is -0.370. The van der Waals surface area contributed by atoms with Crippen LogP contribution in [0.15, 0.2) is 42.5 Å². The number of aromatic nitrogens is 4. The van der Waals surface area contributed by atoms with Gasteiger partial charge in [0.1, 0.15) is 0 Å². The van der Waals surface area contributed by atoms with Gasteiger partial charge in [0.25, 0.3) is 0 Å². The maximum absolute atomic E-state index is 12.0. The molecule has 0 amide bonds. The van der Waals surface area contributed by atoms with Crippen LogP contribution in [-0.2, 0) is 9.47 Å². The van der Waals surface area contributed by atoms with E-state index in [4.69, 9.17) is 32.7 Å². The first kappa shape index (κ1) is 21.7. The zero-order chi connectivity index (χ0) is 21.8. The van der Waals surface area contributed by atoms with Crippen LogP contribution in [-0.4, -0.2) is 64.0 Å². The van der Waals surface area contributed by atoms with Gasteiger partial charge >= 0.3 is 5.97 Å². The topological polar surface area (TPSA) is 82.4 Å². The Morgan fingerprint density at radius 1 is 1.16 bits per heavy atom. The number of carbonyl (C=O) groups is 1. The second-order valence-electron chi connectivity index (χ2n) is 6.93. The van der Waals surface area contributed by atoms with Crippen molar-refractivity contribution in [1.82, 2.24) is 25.1 Å². The van der Waals surface area contributed by atoms with Crippen LogP contribution in [0.3, 0.4) is 0 Å². The van der Waals surface area contributed by atoms with Crippen LogP contribution in [0, 0.1) is 0 Å². The van der Waals surface area contributed by atoms with Gasteiger partial charge in [-0.3, -0.25) is 4.90 Å². The molecule has 0 spiro atoms. The van der Waals surface area contributed by atoms with Gasteiger partial charge in [-0.2, -0.15) is 4.68 Å². The predicted molar refractivity (Wildman–Crippen MR) is 116 cm³/mol. The highest BCUT2D eigenvalue weighted by Gasteiger charge is 2.31. The Balaban J connectivity index is 1.74. The molecule has 162 valence electrons. The Labute approximate surface area is 189 Å². The lowest BCUT2D eigenvalue weighted by molar-refractivity contribution is 0.0220. The molecular formula is C21H21Cl2N5O3. The third-order valence-corrected chi connectivity index (χ3v) is 5.59. The van der Waals surface area contributed by atoms with Crippen LogP contribution in [0.2, 0.25) is 10.0 Å². The summed E-state index contributed by atoms with van der Waals surface area (Å²) in [4.78, 5) is 14.2. The second kappa shape index (κ2) is 9.74. The first-order valence-corrected chi connectivity index (χ1v) is 10.7. The van der Waals surface area contributed by atoms with Crippen LogP contribution in [0.25, 0.3) is 5.69 Å². The zero-order valence-electron chi connectivity index (χ0n) is 16.9. The molecule has 8 nitrogen and oxygen atoms in total. The standard InChI is InChI=1S/C21H21Cl2N5O3/c1-2-31-21(29)14-3-6-16(7-4-14)28-20(24-25-26-28)19(27-9-11-30-12-10-27)17-8-5-15(22)13-18(17)23/h3-8,13,19H,2,9-12H2,1H3/t19-/m0/s1. The Bertz CT molecular complexity index is 1050. The maximum atomic E-state index is 12.0. The summed E-state index contributed by atoms with van der Waals surface area (Å²) in [6, 6.07) is 12.1. The van der Waals surface area contributed by atoms with Crippen LogP contribution < -0.4 is 0 Å². The summed E-state index contributed by atoms with van der Waals surface area (Å²) in [7, 11) is 0. The third-order valence-electron chi connectivity index (χ3n) is 5.03. The summed E-state index contributed by atoms with van der Waals surface area (Å²) in [5.74, 6) is 0.236. The fraction of sp³-hybridized carbons (Fsp3) is 0.333. The molecule has 1 atom stereocenters. The fourth-order valence-electron chi connectivity index (χ4n) is 3.56. The average molecular weight is 462 g/mol. The van der Waals surface area contributed by atoms with Crippen molar-refractivity contribution in [2.45, 2.75) is 13.0 Å². The fourth-order valence-corrected chi connectivity index (χ4v) is 4.07. The molecule has 1 aromatic heterocycles. The average Bonchev–Trinajstić information content (AvgIpc) is 3.26. The quantitative estimate of drug-likeness (QED) is 0.518. The highest BCUT2D eigenvalue weighted by atomic mass is 35.5. The molecule has 0 saturated carbocycles. The molecule has 1 aliphatic heterocycles. The van der Waals surface area contributed by atoms with E-state index in [-0.39, 0.29) is 12.0 Å². The van der Waals surface area contributed by atoms with E-state index in [2.05, 4.69) is 20.4 Å². The van der Waals surface area contributed by atoms with Crippen molar-refractivity contribution in [2.24, 2.45) is 0 Å². The molecule has 0 radical (unpaired) electrons. The smallest absolute Gasteiger partial charge is 0.338 e. The van der Waals surface area contributed by atoms with Gasteiger partial charge in [0.05, 0.1) is 37.1 Å². The third kappa shape index (κ3) is 4.72. The van der Waals surface area contributed by atoms with Gasteiger partial charge in [-0.1, -0.05) is 29.3 Å². The Morgan fingerprint density at radius 2 is 1.90 bits per heavy atom. The number of hydrogen-bond donors (Lipinski definition) is 0. The molecule has 0 N–H and O–H groups in total. The molecule has 1 fully saturated rings. The Kier molecular flexibility index (Phi) is 6.82. The highest BCUT2D eigenvalue weighted by molar-refractivity contribution is 6.35. The van der Waals surface area contributed by atoms with E-state index in [0.29, 0.717) is 54.3 Å². The molecule has 0 bridgehead atoms. The van der Waals surface area contributed by atoms with Crippen molar-refractivity contribution in [3.05, 3.63) is 69.5 Å². The summed E-state index contributed by atoms with van der Waals surface area (Å²) in [5, 5.41) is 13.5. The number of carbonyl (C=O) groups excluding carboxylic acids is 1. The molecule has 4 rings (SSSR count). The van der Waals surface area contributed by atoms with E-state index in [1.54, 1.807) is 48.0 Å². The number of ether oxygens (including phenoxy) is 2. The molecule has 31 heavy (non-hydrogen) atoms. The van der Waals surface area contributed by atoms with Crippen molar-refractivity contribution in [2.75, 3.05) is 32.9 Å². The van der Waals surface area contributed by atoms with Crippen molar-refractivity contribution in [3.8, 4) is 5.69 Å². The van der Waals surface area contributed by atoms with E-state index >= 15 is 0 Å². The van der Waals surface area contributed by atoms with Crippen molar-refractivity contribution in [1.29, 1.82) is 0 Å². The van der Waals surface area contributed by atoms with Gasteiger partial charge in [0.15, 0.2) is 5.82 Å². The van der Waals surface area contributed by atoms with Crippen molar-refractivity contribution >= 4 is 29.2 Å². The highest BCUT2D eigenvalue weighted by Crippen LogP contribution is 2.34. The number of morpholine rings is 1. The lowest BCUT2D eigenvalue weighted by atomic mass is 10.0. The van der Waals surface area contributed by atoms with Crippen LogP contribution in [0.4, 0.5) is 0 Å². The summed E-state index contributed by atoms with van der Waals surface area (Å²) in [5.41, 5.74) is 2.04. The molecule has 0 aliphatic carbocycles. The van der Waals surface area contributed by atoms with Crippen molar-refractivity contribution < 1.29 is 14.3 Å². The van der Waals surface area contributed by atoms with Gasteiger partial charge < -0.3 is 9.47 Å². The lowest BCUT2D eigenvalue weighted by Gasteiger charge is -2.34. The largest absolute Gasteiger partial charge is 0.462 e. The first-order valence-electron chi connectivity index (χ1n) is 9.91. The van der Waals surface area contributed by atoms with E-state index in [9.17, 15) is 4.79 Å². The summed E-state index contributed by atoms with van der Waals surface area (Å²) < 4.78 is 12.2. The monoisotopic (exact) mass is 461 g/mol. The van der Waals surface area contributed by atoms with Crippen LogP contribution in [0.5, 0.6) is 0 Å². The number of esters is 1. The molecule has 10 heteroatoms. The summed E-state index contributed by atoms with van der Waals surface area (Å²) >= 11 is 12.7. The van der Waals surface area contributed by atoms with Gasteiger partial charge in [-0.05, 0) is 59.3 Å². The van der Waals surface area contributed by atoms with Gasteiger partial charge in [0.2, 0.25) is 0 Å². The molecule has 0 unspecified atom stereocenters. The normalized spacial score (nSPS) is 15.6. The molecular weight excluding hydrogens is 441 g/mol. The van der Waals surface area contributed by atoms with Crippen molar-refractivity contribution in [3.63, 3.8) is 0 Å². The molecule has 1 saturated heterocycles.